The molecule has 1 aromatic carbocycles. The molecule has 162 valence electrons. The number of pyridine rings is 1. The second kappa shape index (κ2) is 10.8. The third-order valence-corrected chi connectivity index (χ3v) is 5.99. The van der Waals surface area contributed by atoms with Crippen LogP contribution in [0.4, 0.5) is 5.69 Å². The molecule has 3 heteroatoms. The van der Waals surface area contributed by atoms with Gasteiger partial charge in [0.2, 0.25) is 0 Å². The van der Waals surface area contributed by atoms with Gasteiger partial charge >= 0.3 is 0 Å². The van der Waals surface area contributed by atoms with Gasteiger partial charge in [-0.2, -0.15) is 0 Å². The smallest absolute Gasteiger partial charge is 0.0397 e. The predicted molar refractivity (Wildman–Crippen MR) is 135 cm³/mol. The first kappa shape index (κ1) is 22.6. The van der Waals surface area contributed by atoms with Crippen LogP contribution in [0.3, 0.4) is 0 Å². The van der Waals surface area contributed by atoms with E-state index in [9.17, 15) is 0 Å². The number of benzene rings is 1. The Kier molecular flexibility index (Phi) is 7.88. The second-order valence-corrected chi connectivity index (χ2v) is 8.48. The van der Waals surface area contributed by atoms with Gasteiger partial charge in [-0.1, -0.05) is 49.8 Å². The van der Waals surface area contributed by atoms with E-state index in [1.165, 1.54) is 42.5 Å². The zero-order chi connectivity index (χ0) is 22.2. The molecule has 0 unspecified atom stereocenters. The number of anilines is 1. The first-order chi connectivity index (χ1) is 15.0. The van der Waals surface area contributed by atoms with Crippen LogP contribution >= 0.6 is 0 Å². The molecule has 0 spiro atoms. The summed E-state index contributed by atoms with van der Waals surface area (Å²) in [6, 6.07) is 9.48. The van der Waals surface area contributed by atoms with Gasteiger partial charge < -0.3 is 9.80 Å². The van der Waals surface area contributed by atoms with Crippen molar-refractivity contribution in [3.63, 3.8) is 0 Å². The van der Waals surface area contributed by atoms with E-state index in [0.717, 1.165) is 23.1 Å². The van der Waals surface area contributed by atoms with E-state index in [4.69, 9.17) is 0 Å². The van der Waals surface area contributed by atoms with Crippen molar-refractivity contribution in [2.24, 2.45) is 0 Å². The molecule has 0 bridgehead atoms. The number of allylic oxidation sites excluding steroid dienone is 5. The van der Waals surface area contributed by atoms with Gasteiger partial charge in [-0.25, -0.2) is 0 Å². The van der Waals surface area contributed by atoms with Crippen molar-refractivity contribution < 1.29 is 0 Å². The molecule has 3 rings (SSSR count). The number of rotatable bonds is 9. The molecule has 3 nitrogen and oxygen atoms in total. The van der Waals surface area contributed by atoms with Crippen molar-refractivity contribution in [2.45, 2.75) is 38.1 Å². The summed E-state index contributed by atoms with van der Waals surface area (Å²) >= 11 is 0. The van der Waals surface area contributed by atoms with Crippen molar-refractivity contribution in [3.8, 4) is 11.1 Å². The first-order valence-corrected chi connectivity index (χ1v) is 11.1. The van der Waals surface area contributed by atoms with E-state index in [2.05, 4.69) is 85.6 Å². The van der Waals surface area contributed by atoms with E-state index in [1.54, 1.807) is 0 Å². The summed E-state index contributed by atoms with van der Waals surface area (Å²) in [6.07, 6.45) is 20.1. The third kappa shape index (κ3) is 5.75. The molecule has 0 atom stereocenters. The topological polar surface area (TPSA) is 19.4 Å². The minimum Gasteiger partial charge on any atom is -0.377 e. The Bertz CT molecular complexity index is 962. The standard InChI is InChI=1S/C28H35N3/c1-6-8-12-24(21-31(5)27-13-9-10-14-27)26-18-25(19-29-20-26)22-15-16-28(30(3)4)23(17-22)11-7-2/h6-8,12,15-21,27H,1-2,9-11,13-14H2,3-5H3/b12-8-,24-21+. The molecule has 0 aliphatic heterocycles. The van der Waals surface area contributed by atoms with Crippen molar-refractivity contribution >= 4 is 11.3 Å². The fraction of sp³-hybridized carbons (Fsp3) is 0.321. The molecule has 1 aromatic heterocycles. The number of aromatic nitrogens is 1. The average Bonchev–Trinajstić information content (AvgIpc) is 3.32. The van der Waals surface area contributed by atoms with Crippen LogP contribution < -0.4 is 4.90 Å². The van der Waals surface area contributed by atoms with Crippen LogP contribution in [0, 0.1) is 0 Å². The van der Waals surface area contributed by atoms with E-state index in [1.807, 2.05) is 30.6 Å². The highest BCUT2D eigenvalue weighted by molar-refractivity contribution is 5.78. The Morgan fingerprint density at radius 2 is 1.84 bits per heavy atom. The molecule has 0 saturated heterocycles. The fourth-order valence-corrected chi connectivity index (χ4v) is 4.30. The summed E-state index contributed by atoms with van der Waals surface area (Å²) in [5.74, 6) is 0. The molecule has 1 aliphatic rings. The van der Waals surface area contributed by atoms with Crippen molar-refractivity contribution in [1.29, 1.82) is 0 Å². The molecular weight excluding hydrogens is 378 g/mol. The van der Waals surface area contributed by atoms with E-state index >= 15 is 0 Å². The largest absolute Gasteiger partial charge is 0.377 e. The minimum absolute atomic E-state index is 0.628. The van der Waals surface area contributed by atoms with Gasteiger partial charge in [0, 0.05) is 62.6 Å². The van der Waals surface area contributed by atoms with Gasteiger partial charge in [-0.15, -0.1) is 6.58 Å². The van der Waals surface area contributed by atoms with Crippen LogP contribution in [-0.2, 0) is 6.42 Å². The van der Waals surface area contributed by atoms with Gasteiger partial charge in [0.1, 0.15) is 0 Å². The normalized spacial score (nSPS) is 14.7. The quantitative estimate of drug-likeness (QED) is 0.345. The molecule has 1 fully saturated rings. The predicted octanol–water partition coefficient (Wildman–Crippen LogP) is 6.50. The van der Waals surface area contributed by atoms with Crippen LogP contribution in [0.1, 0.15) is 36.8 Å². The maximum atomic E-state index is 4.58. The number of nitrogens with zero attached hydrogens (tertiary/aromatic N) is 3. The summed E-state index contributed by atoms with van der Waals surface area (Å²) in [7, 11) is 6.35. The van der Waals surface area contributed by atoms with Crippen molar-refractivity contribution in [2.75, 3.05) is 26.0 Å². The number of hydrogen-bond acceptors (Lipinski definition) is 3. The molecule has 31 heavy (non-hydrogen) atoms. The Balaban J connectivity index is 1.98. The van der Waals surface area contributed by atoms with Crippen LogP contribution in [0.5, 0.6) is 0 Å². The first-order valence-electron chi connectivity index (χ1n) is 11.1. The van der Waals surface area contributed by atoms with Crippen LogP contribution in [-0.4, -0.2) is 37.1 Å². The lowest BCUT2D eigenvalue weighted by Crippen LogP contribution is -2.23. The molecular formula is C28H35N3. The Labute approximate surface area is 188 Å². The Morgan fingerprint density at radius 3 is 2.52 bits per heavy atom. The summed E-state index contributed by atoms with van der Waals surface area (Å²) < 4.78 is 0. The van der Waals surface area contributed by atoms with E-state index in [-0.39, 0.29) is 0 Å². The van der Waals surface area contributed by atoms with E-state index in [0.29, 0.717) is 6.04 Å². The molecule has 0 N–H and O–H groups in total. The summed E-state index contributed by atoms with van der Waals surface area (Å²) in [5.41, 5.74) is 7.05. The molecule has 1 heterocycles. The third-order valence-electron chi connectivity index (χ3n) is 5.99. The summed E-state index contributed by atoms with van der Waals surface area (Å²) in [6.45, 7) is 7.77. The Hall–Kier alpha value is -3.07. The Morgan fingerprint density at radius 1 is 1.06 bits per heavy atom. The lowest BCUT2D eigenvalue weighted by Gasteiger charge is -2.23. The van der Waals surface area contributed by atoms with Gasteiger partial charge in [0.15, 0.2) is 0 Å². The monoisotopic (exact) mass is 413 g/mol. The van der Waals surface area contributed by atoms with Crippen LogP contribution in [0.15, 0.2) is 80.3 Å². The summed E-state index contributed by atoms with van der Waals surface area (Å²) in [4.78, 5) is 9.10. The SMILES string of the molecule is C=C/C=C\C(=C/N(C)C1CCCC1)c1cncc(-c2ccc(N(C)C)c(CC=C)c2)c1. The highest BCUT2D eigenvalue weighted by Gasteiger charge is 2.18. The van der Waals surface area contributed by atoms with Crippen molar-refractivity contribution in [3.05, 3.63) is 91.4 Å². The fourth-order valence-electron chi connectivity index (χ4n) is 4.30. The summed E-state index contributed by atoms with van der Waals surface area (Å²) in [5, 5.41) is 0. The molecule has 2 aromatic rings. The lowest BCUT2D eigenvalue weighted by atomic mass is 9.98. The number of hydrogen-bond donors (Lipinski definition) is 0. The van der Waals surface area contributed by atoms with Gasteiger partial charge in [-0.3, -0.25) is 4.98 Å². The van der Waals surface area contributed by atoms with Crippen LogP contribution in [0.2, 0.25) is 0 Å². The maximum Gasteiger partial charge on any atom is 0.0397 e. The lowest BCUT2D eigenvalue weighted by molar-refractivity contribution is 0.336. The highest BCUT2D eigenvalue weighted by atomic mass is 15.1. The highest BCUT2D eigenvalue weighted by Crippen LogP contribution is 2.30. The molecule has 0 radical (unpaired) electrons. The maximum absolute atomic E-state index is 4.58. The average molecular weight is 414 g/mol. The van der Waals surface area contributed by atoms with Gasteiger partial charge in [-0.05, 0) is 54.2 Å². The molecule has 1 aliphatic carbocycles. The zero-order valence-electron chi connectivity index (χ0n) is 19.2. The van der Waals surface area contributed by atoms with E-state index < -0.39 is 0 Å². The van der Waals surface area contributed by atoms with Gasteiger partial charge in [0.05, 0.1) is 0 Å². The zero-order valence-corrected chi connectivity index (χ0v) is 19.2. The minimum atomic E-state index is 0.628. The van der Waals surface area contributed by atoms with Crippen LogP contribution in [0.25, 0.3) is 16.7 Å². The molecule has 0 amide bonds. The van der Waals surface area contributed by atoms with Crippen molar-refractivity contribution in [1.82, 2.24) is 9.88 Å². The molecule has 1 saturated carbocycles. The van der Waals surface area contributed by atoms with Gasteiger partial charge in [0.25, 0.3) is 0 Å². The second-order valence-electron chi connectivity index (χ2n) is 8.48.